The van der Waals surface area contributed by atoms with Crippen molar-refractivity contribution in [2.75, 3.05) is 6.61 Å². The van der Waals surface area contributed by atoms with Gasteiger partial charge >= 0.3 is 0 Å². The second kappa shape index (κ2) is 4.55. The molecule has 1 aromatic carbocycles. The number of nitrogens with zero attached hydrogens (tertiary/aromatic N) is 4. The SMILES string of the molecule is N#Cc1nnn(CCO)c1-c1ccccc1. The molecule has 0 unspecified atom stereocenters. The molecule has 0 fully saturated rings. The third-order valence-electron chi connectivity index (χ3n) is 2.20. The second-order valence-electron chi connectivity index (χ2n) is 3.21. The van der Waals surface area contributed by atoms with Crippen molar-refractivity contribution in [3.63, 3.8) is 0 Å². The minimum Gasteiger partial charge on any atom is -0.394 e. The van der Waals surface area contributed by atoms with Crippen molar-refractivity contribution < 1.29 is 5.11 Å². The molecule has 0 radical (unpaired) electrons. The summed E-state index contributed by atoms with van der Waals surface area (Å²) < 4.78 is 1.54. The second-order valence-corrected chi connectivity index (χ2v) is 3.21. The first-order chi connectivity index (χ1) is 7.86. The quantitative estimate of drug-likeness (QED) is 0.820. The average molecular weight is 214 g/mol. The molecule has 1 aromatic heterocycles. The van der Waals surface area contributed by atoms with Gasteiger partial charge in [0, 0.05) is 5.56 Å². The summed E-state index contributed by atoms with van der Waals surface area (Å²) in [5.41, 5.74) is 1.80. The Hall–Kier alpha value is -2.19. The number of rotatable bonds is 3. The van der Waals surface area contributed by atoms with Gasteiger partial charge in [-0.1, -0.05) is 35.5 Å². The maximum absolute atomic E-state index is 8.93. The zero-order chi connectivity index (χ0) is 11.4. The number of aliphatic hydroxyl groups is 1. The topological polar surface area (TPSA) is 74.7 Å². The van der Waals surface area contributed by atoms with E-state index < -0.39 is 0 Å². The highest BCUT2D eigenvalue weighted by Gasteiger charge is 2.13. The number of benzene rings is 1. The predicted octanol–water partition coefficient (Wildman–Crippen LogP) is 0.809. The predicted molar refractivity (Wildman–Crippen MR) is 57.3 cm³/mol. The molecule has 0 atom stereocenters. The van der Waals surface area contributed by atoms with E-state index >= 15 is 0 Å². The zero-order valence-corrected chi connectivity index (χ0v) is 8.54. The lowest BCUT2D eigenvalue weighted by Gasteiger charge is -2.04. The molecule has 0 bridgehead atoms. The van der Waals surface area contributed by atoms with Crippen LogP contribution in [0, 0.1) is 11.3 Å². The van der Waals surface area contributed by atoms with Crippen LogP contribution in [0.1, 0.15) is 5.69 Å². The Morgan fingerprint density at radius 3 is 2.69 bits per heavy atom. The van der Waals surface area contributed by atoms with Gasteiger partial charge in [0.2, 0.25) is 0 Å². The Morgan fingerprint density at radius 2 is 2.06 bits per heavy atom. The van der Waals surface area contributed by atoms with E-state index in [1.54, 1.807) is 0 Å². The van der Waals surface area contributed by atoms with Crippen molar-refractivity contribution in [3.05, 3.63) is 36.0 Å². The maximum atomic E-state index is 8.93. The van der Waals surface area contributed by atoms with Crippen molar-refractivity contribution >= 4 is 0 Å². The van der Waals surface area contributed by atoms with Gasteiger partial charge < -0.3 is 5.11 Å². The van der Waals surface area contributed by atoms with Crippen LogP contribution in [0.3, 0.4) is 0 Å². The summed E-state index contributed by atoms with van der Waals surface area (Å²) in [7, 11) is 0. The van der Waals surface area contributed by atoms with Gasteiger partial charge in [-0.15, -0.1) is 5.10 Å². The fourth-order valence-electron chi connectivity index (χ4n) is 1.52. The van der Waals surface area contributed by atoms with E-state index in [2.05, 4.69) is 10.3 Å². The molecule has 5 nitrogen and oxygen atoms in total. The molecule has 5 heteroatoms. The highest BCUT2D eigenvalue weighted by Crippen LogP contribution is 2.20. The molecule has 0 spiro atoms. The van der Waals surface area contributed by atoms with E-state index in [0.29, 0.717) is 12.2 Å². The molecule has 0 amide bonds. The molecule has 1 N–H and O–H groups in total. The Bertz CT molecular complexity index is 513. The fourth-order valence-corrected chi connectivity index (χ4v) is 1.52. The van der Waals surface area contributed by atoms with E-state index in [1.807, 2.05) is 36.4 Å². The monoisotopic (exact) mass is 214 g/mol. The van der Waals surface area contributed by atoms with Crippen molar-refractivity contribution in [1.29, 1.82) is 5.26 Å². The minimum atomic E-state index is -0.0337. The molecule has 80 valence electrons. The first kappa shape index (κ1) is 10.3. The molecule has 0 aliphatic carbocycles. The van der Waals surface area contributed by atoms with Crippen LogP contribution in [0.2, 0.25) is 0 Å². The van der Waals surface area contributed by atoms with Crippen LogP contribution in [0.4, 0.5) is 0 Å². The van der Waals surface area contributed by atoms with Gasteiger partial charge in [0.25, 0.3) is 0 Å². The standard InChI is InChI=1S/C11H10N4O/c12-8-10-11(9-4-2-1-3-5-9)15(6-7-16)14-13-10/h1-5,16H,6-7H2. The van der Waals surface area contributed by atoms with Crippen LogP contribution in [-0.2, 0) is 6.54 Å². The van der Waals surface area contributed by atoms with Crippen LogP contribution < -0.4 is 0 Å². The summed E-state index contributed by atoms with van der Waals surface area (Å²) in [5, 5.41) is 25.4. The number of hydrogen-bond acceptors (Lipinski definition) is 4. The van der Waals surface area contributed by atoms with E-state index in [9.17, 15) is 0 Å². The molecule has 0 saturated heterocycles. The molecule has 16 heavy (non-hydrogen) atoms. The zero-order valence-electron chi connectivity index (χ0n) is 8.54. The molecule has 2 aromatic rings. The lowest BCUT2D eigenvalue weighted by Crippen LogP contribution is -2.06. The third-order valence-corrected chi connectivity index (χ3v) is 2.20. The van der Waals surface area contributed by atoms with Gasteiger partial charge in [0.1, 0.15) is 11.8 Å². The van der Waals surface area contributed by atoms with E-state index in [1.165, 1.54) is 4.68 Å². The molecule has 0 aliphatic rings. The summed E-state index contributed by atoms with van der Waals surface area (Å²) in [6.45, 7) is 0.299. The molecule has 0 saturated carbocycles. The van der Waals surface area contributed by atoms with Gasteiger partial charge in [0.15, 0.2) is 5.69 Å². The van der Waals surface area contributed by atoms with Gasteiger partial charge in [-0.25, -0.2) is 4.68 Å². The molecular weight excluding hydrogens is 204 g/mol. The summed E-state index contributed by atoms with van der Waals surface area (Å²) in [6.07, 6.45) is 0. The minimum absolute atomic E-state index is 0.0337. The van der Waals surface area contributed by atoms with Crippen LogP contribution in [0.15, 0.2) is 30.3 Å². The smallest absolute Gasteiger partial charge is 0.190 e. The van der Waals surface area contributed by atoms with Crippen molar-refractivity contribution in [3.8, 4) is 17.3 Å². The first-order valence-electron chi connectivity index (χ1n) is 4.86. The Morgan fingerprint density at radius 1 is 1.31 bits per heavy atom. The average Bonchev–Trinajstić information content (AvgIpc) is 2.74. The Labute approximate surface area is 92.6 Å². The normalized spacial score (nSPS) is 10.0. The van der Waals surface area contributed by atoms with Crippen LogP contribution in [-0.4, -0.2) is 26.7 Å². The van der Waals surface area contributed by atoms with Gasteiger partial charge in [-0.3, -0.25) is 0 Å². The van der Waals surface area contributed by atoms with Crippen molar-refractivity contribution in [1.82, 2.24) is 15.0 Å². The van der Waals surface area contributed by atoms with Crippen molar-refractivity contribution in [2.45, 2.75) is 6.54 Å². The molecule has 1 heterocycles. The summed E-state index contributed by atoms with van der Waals surface area (Å²) in [5.74, 6) is 0. The largest absolute Gasteiger partial charge is 0.394 e. The Balaban J connectivity index is 2.54. The summed E-state index contributed by atoms with van der Waals surface area (Å²) in [4.78, 5) is 0. The van der Waals surface area contributed by atoms with E-state index in [4.69, 9.17) is 10.4 Å². The van der Waals surface area contributed by atoms with Crippen LogP contribution in [0.5, 0.6) is 0 Å². The van der Waals surface area contributed by atoms with Gasteiger partial charge in [-0.05, 0) is 0 Å². The fraction of sp³-hybridized carbons (Fsp3) is 0.182. The number of hydrogen-bond donors (Lipinski definition) is 1. The van der Waals surface area contributed by atoms with Crippen LogP contribution in [0.25, 0.3) is 11.3 Å². The highest BCUT2D eigenvalue weighted by molar-refractivity contribution is 5.64. The highest BCUT2D eigenvalue weighted by atomic mass is 16.3. The lowest BCUT2D eigenvalue weighted by molar-refractivity contribution is 0.269. The molecular formula is C11H10N4O. The number of aliphatic hydroxyl groups excluding tert-OH is 1. The van der Waals surface area contributed by atoms with Gasteiger partial charge in [0.05, 0.1) is 13.2 Å². The van der Waals surface area contributed by atoms with Gasteiger partial charge in [-0.2, -0.15) is 5.26 Å². The Kier molecular flexibility index (Phi) is 2.94. The first-order valence-corrected chi connectivity index (χ1v) is 4.86. The molecule has 0 aliphatic heterocycles. The molecule has 2 rings (SSSR count). The maximum Gasteiger partial charge on any atom is 0.190 e. The summed E-state index contributed by atoms with van der Waals surface area (Å²) >= 11 is 0. The number of nitriles is 1. The summed E-state index contributed by atoms with van der Waals surface area (Å²) in [6, 6.07) is 11.4. The van der Waals surface area contributed by atoms with Crippen molar-refractivity contribution in [2.24, 2.45) is 0 Å². The van der Waals surface area contributed by atoms with E-state index in [-0.39, 0.29) is 12.3 Å². The number of aromatic nitrogens is 3. The van der Waals surface area contributed by atoms with E-state index in [0.717, 1.165) is 5.56 Å². The lowest BCUT2D eigenvalue weighted by atomic mass is 10.1. The third kappa shape index (κ3) is 1.78. The van der Waals surface area contributed by atoms with Crippen LogP contribution >= 0.6 is 0 Å².